The van der Waals surface area contributed by atoms with Crippen molar-refractivity contribution >= 4 is 50.2 Å². The van der Waals surface area contributed by atoms with Crippen molar-refractivity contribution < 1.29 is 22.8 Å². The number of hydrogen-bond acceptors (Lipinski definition) is 5. The smallest absolute Gasteiger partial charge is 0.312 e. The van der Waals surface area contributed by atoms with E-state index in [1.54, 1.807) is 36.1 Å². The van der Waals surface area contributed by atoms with Gasteiger partial charge in [-0.15, -0.1) is 0 Å². The molecule has 2 atom stereocenters. The summed E-state index contributed by atoms with van der Waals surface area (Å²) in [6.45, 7) is 5.92. The molecule has 0 bridgehead atoms. The molecule has 2 unspecified atom stereocenters. The van der Waals surface area contributed by atoms with E-state index in [-0.39, 0.29) is 42.9 Å². The molecule has 0 radical (unpaired) electrons. The standard InChI is InChI=1S/C23H30ClN5O5S/c1-14(2)28(11-9-26-23(25)32)21(30)15(3)29-10-8-20(22(29)31)27-35(33,34)19-7-5-16-12-18(24)6-4-17(16)13-19/h4-7,12-15,20,27H,8-11H2,1-3H3,(H3,25,26,32). The number of carbonyl (C=O) groups is 3. The third-order valence-electron chi connectivity index (χ3n) is 6.00. The van der Waals surface area contributed by atoms with Crippen molar-refractivity contribution in [2.75, 3.05) is 19.6 Å². The van der Waals surface area contributed by atoms with E-state index in [4.69, 9.17) is 17.3 Å². The molecule has 2 aromatic rings. The molecule has 1 aliphatic rings. The van der Waals surface area contributed by atoms with Gasteiger partial charge in [-0.3, -0.25) is 9.59 Å². The third-order valence-corrected chi connectivity index (χ3v) is 7.71. The largest absolute Gasteiger partial charge is 0.352 e. The first-order valence-corrected chi connectivity index (χ1v) is 13.1. The molecule has 3 rings (SSSR count). The highest BCUT2D eigenvalue weighted by atomic mass is 35.5. The number of nitrogens with zero attached hydrogens (tertiary/aromatic N) is 2. The van der Waals surface area contributed by atoms with Crippen LogP contribution in [-0.4, -0.2) is 73.8 Å². The summed E-state index contributed by atoms with van der Waals surface area (Å²) >= 11 is 5.99. The fourth-order valence-electron chi connectivity index (χ4n) is 4.11. The number of amides is 4. The van der Waals surface area contributed by atoms with Crippen molar-refractivity contribution in [3.05, 3.63) is 41.4 Å². The first-order valence-electron chi connectivity index (χ1n) is 11.3. The molecule has 4 amide bonds. The second-order valence-electron chi connectivity index (χ2n) is 8.74. The number of likely N-dealkylation sites (tertiary alicyclic amines) is 1. The van der Waals surface area contributed by atoms with Crippen LogP contribution >= 0.6 is 11.6 Å². The normalized spacial score (nSPS) is 17.1. The Morgan fingerprint density at radius 1 is 1.17 bits per heavy atom. The van der Waals surface area contributed by atoms with E-state index in [2.05, 4.69) is 10.0 Å². The Labute approximate surface area is 209 Å². The van der Waals surface area contributed by atoms with Crippen LogP contribution in [0.1, 0.15) is 27.2 Å². The molecule has 190 valence electrons. The van der Waals surface area contributed by atoms with E-state index in [0.717, 1.165) is 5.39 Å². The maximum Gasteiger partial charge on any atom is 0.312 e. The Bertz CT molecular complexity index is 1240. The van der Waals surface area contributed by atoms with Gasteiger partial charge in [-0.25, -0.2) is 13.2 Å². The van der Waals surface area contributed by atoms with Crippen LogP contribution in [0.3, 0.4) is 0 Å². The average Bonchev–Trinajstić information content (AvgIpc) is 3.14. The molecule has 1 aliphatic heterocycles. The van der Waals surface area contributed by atoms with Gasteiger partial charge in [0.15, 0.2) is 0 Å². The highest BCUT2D eigenvalue weighted by Gasteiger charge is 2.40. The second-order valence-corrected chi connectivity index (χ2v) is 10.9. The molecule has 12 heteroatoms. The van der Waals surface area contributed by atoms with Gasteiger partial charge in [-0.1, -0.05) is 23.7 Å². The Morgan fingerprint density at radius 2 is 1.83 bits per heavy atom. The number of carbonyl (C=O) groups excluding carboxylic acids is 3. The van der Waals surface area contributed by atoms with Crippen molar-refractivity contribution in [2.24, 2.45) is 5.73 Å². The van der Waals surface area contributed by atoms with Crippen molar-refractivity contribution in [3.8, 4) is 0 Å². The number of rotatable bonds is 9. The number of benzene rings is 2. The van der Waals surface area contributed by atoms with Crippen molar-refractivity contribution in [1.82, 2.24) is 19.8 Å². The third kappa shape index (κ3) is 6.22. The van der Waals surface area contributed by atoms with Crippen molar-refractivity contribution in [3.63, 3.8) is 0 Å². The molecular weight excluding hydrogens is 494 g/mol. The summed E-state index contributed by atoms with van der Waals surface area (Å²) in [7, 11) is -3.98. The number of fused-ring (bicyclic) bond motifs is 1. The topological polar surface area (TPSA) is 142 Å². The monoisotopic (exact) mass is 523 g/mol. The Hall–Kier alpha value is -2.89. The number of hydrogen-bond donors (Lipinski definition) is 3. The summed E-state index contributed by atoms with van der Waals surface area (Å²) in [6, 6.07) is 7.17. The van der Waals surface area contributed by atoms with Crippen LogP contribution in [-0.2, 0) is 19.6 Å². The van der Waals surface area contributed by atoms with Crippen LogP contribution < -0.4 is 15.8 Å². The highest BCUT2D eigenvalue weighted by Crippen LogP contribution is 2.24. The number of primary amides is 1. The summed E-state index contributed by atoms with van der Waals surface area (Å²) in [6.07, 6.45) is 0.240. The van der Waals surface area contributed by atoms with Crippen LogP contribution in [0.5, 0.6) is 0 Å². The molecule has 1 heterocycles. The number of urea groups is 1. The van der Waals surface area contributed by atoms with Crippen LogP contribution in [0.4, 0.5) is 4.79 Å². The predicted molar refractivity (Wildman–Crippen MR) is 133 cm³/mol. The molecule has 2 aromatic carbocycles. The van der Waals surface area contributed by atoms with Crippen LogP contribution in [0.15, 0.2) is 41.3 Å². The quantitative estimate of drug-likeness (QED) is 0.458. The van der Waals surface area contributed by atoms with Gasteiger partial charge in [-0.05, 0) is 62.2 Å². The van der Waals surface area contributed by atoms with Gasteiger partial charge < -0.3 is 20.9 Å². The zero-order chi connectivity index (χ0) is 25.9. The Morgan fingerprint density at radius 3 is 2.49 bits per heavy atom. The number of nitrogens with two attached hydrogens (primary N) is 1. The Balaban J connectivity index is 1.69. The minimum Gasteiger partial charge on any atom is -0.352 e. The van der Waals surface area contributed by atoms with Gasteiger partial charge in [0, 0.05) is 30.7 Å². The van der Waals surface area contributed by atoms with E-state index < -0.39 is 34.0 Å². The lowest BCUT2D eigenvalue weighted by molar-refractivity contribution is -0.144. The lowest BCUT2D eigenvalue weighted by Gasteiger charge is -2.33. The first-order chi connectivity index (χ1) is 16.4. The fraction of sp³-hybridized carbons (Fsp3) is 0.435. The van der Waals surface area contributed by atoms with E-state index in [1.807, 2.05) is 13.8 Å². The summed E-state index contributed by atoms with van der Waals surface area (Å²) in [5, 5.41) is 4.50. The molecule has 0 aromatic heterocycles. The molecule has 35 heavy (non-hydrogen) atoms. The maximum absolute atomic E-state index is 13.1. The molecule has 0 aliphatic carbocycles. The summed E-state index contributed by atoms with van der Waals surface area (Å²) in [5.74, 6) is -0.753. The molecule has 4 N–H and O–H groups in total. The zero-order valence-electron chi connectivity index (χ0n) is 19.8. The van der Waals surface area contributed by atoms with Gasteiger partial charge in [0.05, 0.1) is 4.90 Å². The SMILES string of the molecule is CC(C)N(CCNC(N)=O)C(=O)C(C)N1CCC(NS(=O)(=O)c2ccc3cc(Cl)ccc3c2)C1=O. The molecule has 1 fully saturated rings. The summed E-state index contributed by atoms with van der Waals surface area (Å²) in [4.78, 5) is 40.0. The molecule has 0 saturated carbocycles. The second kappa shape index (κ2) is 10.8. The molecule has 1 saturated heterocycles. The summed E-state index contributed by atoms with van der Waals surface area (Å²) in [5.41, 5.74) is 5.08. The minimum atomic E-state index is -3.98. The van der Waals surface area contributed by atoms with Gasteiger partial charge in [-0.2, -0.15) is 4.72 Å². The van der Waals surface area contributed by atoms with E-state index in [0.29, 0.717) is 10.4 Å². The highest BCUT2D eigenvalue weighted by molar-refractivity contribution is 7.89. The number of sulfonamides is 1. The minimum absolute atomic E-state index is 0.0376. The molecule has 10 nitrogen and oxygen atoms in total. The van der Waals surface area contributed by atoms with E-state index in [9.17, 15) is 22.8 Å². The first kappa shape index (κ1) is 26.7. The fourth-order valence-corrected chi connectivity index (χ4v) is 5.55. The van der Waals surface area contributed by atoms with E-state index >= 15 is 0 Å². The van der Waals surface area contributed by atoms with Crippen molar-refractivity contribution in [1.29, 1.82) is 0 Å². The molecular formula is C23H30ClN5O5S. The van der Waals surface area contributed by atoms with Crippen LogP contribution in [0.2, 0.25) is 5.02 Å². The summed E-state index contributed by atoms with van der Waals surface area (Å²) < 4.78 is 28.5. The maximum atomic E-state index is 13.1. The van der Waals surface area contributed by atoms with Gasteiger partial charge in [0.1, 0.15) is 12.1 Å². The van der Waals surface area contributed by atoms with Crippen LogP contribution in [0.25, 0.3) is 10.8 Å². The number of halogens is 1. The predicted octanol–water partition coefficient (Wildman–Crippen LogP) is 1.67. The molecule has 0 spiro atoms. The lowest BCUT2D eigenvalue weighted by atomic mass is 10.1. The van der Waals surface area contributed by atoms with Gasteiger partial charge in [0.25, 0.3) is 0 Å². The van der Waals surface area contributed by atoms with Gasteiger partial charge in [0.2, 0.25) is 21.8 Å². The lowest BCUT2D eigenvalue weighted by Crippen LogP contribution is -2.53. The van der Waals surface area contributed by atoms with Crippen LogP contribution in [0, 0.1) is 0 Å². The van der Waals surface area contributed by atoms with Crippen molar-refractivity contribution in [2.45, 2.75) is 50.2 Å². The van der Waals surface area contributed by atoms with E-state index in [1.165, 1.54) is 17.0 Å². The number of nitrogens with one attached hydrogen (secondary N) is 2. The average molecular weight is 524 g/mol. The Kier molecular flexibility index (Phi) is 8.24. The van der Waals surface area contributed by atoms with Gasteiger partial charge >= 0.3 is 6.03 Å². The zero-order valence-corrected chi connectivity index (χ0v) is 21.4.